The number of carbonyl (C=O) groups excluding carboxylic acids is 1. The van der Waals surface area contributed by atoms with E-state index in [1.165, 1.54) is 0 Å². The SMILES string of the molecule is Cc1cc(C(=O)CCl)c(N)cc1Cl. The highest BCUT2D eigenvalue weighted by Gasteiger charge is 2.10. The van der Waals surface area contributed by atoms with Crippen LogP contribution in [0.3, 0.4) is 0 Å². The molecule has 0 radical (unpaired) electrons. The van der Waals surface area contributed by atoms with Gasteiger partial charge in [0.1, 0.15) is 0 Å². The van der Waals surface area contributed by atoms with Crippen LogP contribution in [0.25, 0.3) is 0 Å². The quantitative estimate of drug-likeness (QED) is 0.471. The second-order valence-electron chi connectivity index (χ2n) is 2.75. The first kappa shape index (κ1) is 10.4. The zero-order valence-corrected chi connectivity index (χ0v) is 8.62. The van der Waals surface area contributed by atoms with Crippen LogP contribution in [0.5, 0.6) is 0 Å². The first-order valence-electron chi connectivity index (χ1n) is 3.71. The summed E-state index contributed by atoms with van der Waals surface area (Å²) >= 11 is 11.2. The Balaban J connectivity index is 3.23. The molecule has 2 N–H and O–H groups in total. The number of benzene rings is 1. The third kappa shape index (κ3) is 2.14. The van der Waals surface area contributed by atoms with Crippen molar-refractivity contribution in [2.45, 2.75) is 6.92 Å². The molecule has 0 aliphatic heterocycles. The van der Waals surface area contributed by atoms with Gasteiger partial charge in [-0.2, -0.15) is 0 Å². The lowest BCUT2D eigenvalue weighted by atomic mass is 10.1. The number of aryl methyl sites for hydroxylation is 1. The van der Waals surface area contributed by atoms with Crippen LogP contribution in [0.1, 0.15) is 15.9 Å². The third-order valence-corrected chi connectivity index (χ3v) is 2.40. The van der Waals surface area contributed by atoms with Crippen LogP contribution in [-0.2, 0) is 0 Å². The molecule has 4 heteroatoms. The summed E-state index contributed by atoms with van der Waals surface area (Å²) in [6.07, 6.45) is 0. The predicted octanol–water partition coefficient (Wildman–Crippen LogP) is 2.65. The summed E-state index contributed by atoms with van der Waals surface area (Å²) in [5.74, 6) is -0.246. The molecule has 0 saturated heterocycles. The number of ketones is 1. The highest BCUT2D eigenvalue weighted by atomic mass is 35.5. The van der Waals surface area contributed by atoms with Crippen molar-refractivity contribution in [2.75, 3.05) is 11.6 Å². The Bertz CT molecular complexity index is 350. The van der Waals surface area contributed by atoms with Gasteiger partial charge in [-0.05, 0) is 24.6 Å². The Morgan fingerprint density at radius 3 is 2.69 bits per heavy atom. The van der Waals surface area contributed by atoms with E-state index >= 15 is 0 Å². The molecule has 0 saturated carbocycles. The second-order valence-corrected chi connectivity index (χ2v) is 3.42. The zero-order valence-electron chi connectivity index (χ0n) is 7.10. The number of alkyl halides is 1. The lowest BCUT2D eigenvalue weighted by Gasteiger charge is -2.05. The van der Waals surface area contributed by atoms with E-state index in [1.54, 1.807) is 12.1 Å². The van der Waals surface area contributed by atoms with Crippen molar-refractivity contribution in [3.05, 3.63) is 28.3 Å². The molecular weight excluding hydrogens is 209 g/mol. The van der Waals surface area contributed by atoms with Gasteiger partial charge in [-0.25, -0.2) is 0 Å². The fourth-order valence-electron chi connectivity index (χ4n) is 1.01. The van der Waals surface area contributed by atoms with E-state index in [-0.39, 0.29) is 11.7 Å². The van der Waals surface area contributed by atoms with Crippen LogP contribution in [0.4, 0.5) is 5.69 Å². The van der Waals surface area contributed by atoms with Crippen molar-refractivity contribution in [1.29, 1.82) is 0 Å². The number of nitrogen functional groups attached to an aromatic ring is 1. The monoisotopic (exact) mass is 217 g/mol. The predicted molar refractivity (Wildman–Crippen MR) is 55.7 cm³/mol. The molecule has 1 rings (SSSR count). The fraction of sp³-hybridized carbons (Fsp3) is 0.222. The molecule has 0 unspecified atom stereocenters. The van der Waals surface area contributed by atoms with Gasteiger partial charge in [0.25, 0.3) is 0 Å². The molecule has 1 aromatic carbocycles. The van der Waals surface area contributed by atoms with Gasteiger partial charge >= 0.3 is 0 Å². The van der Waals surface area contributed by atoms with Crippen LogP contribution in [0.2, 0.25) is 5.02 Å². The highest BCUT2D eigenvalue weighted by Crippen LogP contribution is 2.23. The minimum absolute atomic E-state index is 0.0642. The molecule has 0 fully saturated rings. The fourth-order valence-corrected chi connectivity index (χ4v) is 1.33. The van der Waals surface area contributed by atoms with Gasteiger partial charge in [0.05, 0.1) is 5.88 Å². The molecule has 0 spiro atoms. The molecule has 0 aromatic heterocycles. The Labute approximate surface area is 86.6 Å². The average molecular weight is 218 g/mol. The zero-order chi connectivity index (χ0) is 10.0. The molecule has 2 nitrogen and oxygen atoms in total. The molecule has 0 heterocycles. The Morgan fingerprint density at radius 2 is 2.15 bits per heavy atom. The molecule has 0 atom stereocenters. The number of carbonyl (C=O) groups is 1. The number of rotatable bonds is 2. The van der Waals surface area contributed by atoms with Crippen molar-refractivity contribution in [1.82, 2.24) is 0 Å². The van der Waals surface area contributed by atoms with Crippen molar-refractivity contribution >= 4 is 34.7 Å². The molecule has 1 aromatic rings. The van der Waals surface area contributed by atoms with Crippen LogP contribution in [0.15, 0.2) is 12.1 Å². The summed E-state index contributed by atoms with van der Waals surface area (Å²) in [5.41, 5.74) is 7.24. The number of anilines is 1. The standard InChI is InChI=1S/C9H9Cl2NO/c1-5-2-6(9(13)4-10)8(12)3-7(5)11/h2-3H,4,12H2,1H3. The number of hydrogen-bond acceptors (Lipinski definition) is 2. The maximum absolute atomic E-state index is 11.2. The Hall–Kier alpha value is -0.730. The average Bonchev–Trinajstić information content (AvgIpc) is 2.10. The lowest BCUT2D eigenvalue weighted by molar-refractivity contribution is 0.102. The largest absolute Gasteiger partial charge is 0.398 e. The lowest BCUT2D eigenvalue weighted by Crippen LogP contribution is -2.05. The normalized spacial score (nSPS) is 10.1. The number of hydrogen-bond donors (Lipinski definition) is 1. The topological polar surface area (TPSA) is 43.1 Å². The van der Waals surface area contributed by atoms with E-state index in [2.05, 4.69) is 0 Å². The minimum atomic E-state index is -0.182. The van der Waals surface area contributed by atoms with Gasteiger partial charge in [0.2, 0.25) is 0 Å². The second kappa shape index (κ2) is 3.99. The Morgan fingerprint density at radius 1 is 1.54 bits per heavy atom. The summed E-state index contributed by atoms with van der Waals surface area (Å²) in [4.78, 5) is 11.2. The van der Waals surface area contributed by atoms with E-state index < -0.39 is 0 Å². The van der Waals surface area contributed by atoms with E-state index in [0.29, 0.717) is 16.3 Å². The Kier molecular flexibility index (Phi) is 3.17. The van der Waals surface area contributed by atoms with Gasteiger partial charge in [-0.15, -0.1) is 11.6 Å². The molecule has 70 valence electrons. The first-order chi connectivity index (χ1) is 6.06. The van der Waals surface area contributed by atoms with Crippen LogP contribution < -0.4 is 5.73 Å². The van der Waals surface area contributed by atoms with Crippen LogP contribution in [-0.4, -0.2) is 11.7 Å². The summed E-state index contributed by atoms with van der Waals surface area (Å²) < 4.78 is 0. The summed E-state index contributed by atoms with van der Waals surface area (Å²) in [7, 11) is 0. The van der Waals surface area contributed by atoms with Gasteiger partial charge in [0, 0.05) is 16.3 Å². The van der Waals surface area contributed by atoms with E-state index in [9.17, 15) is 4.79 Å². The van der Waals surface area contributed by atoms with E-state index in [1.807, 2.05) is 6.92 Å². The maximum Gasteiger partial charge on any atom is 0.179 e. The van der Waals surface area contributed by atoms with Gasteiger partial charge in [0.15, 0.2) is 5.78 Å². The van der Waals surface area contributed by atoms with E-state index in [4.69, 9.17) is 28.9 Å². The number of halogens is 2. The molecule has 0 bridgehead atoms. The van der Waals surface area contributed by atoms with Crippen molar-refractivity contribution in [2.24, 2.45) is 0 Å². The van der Waals surface area contributed by atoms with Crippen molar-refractivity contribution in [3.63, 3.8) is 0 Å². The number of nitrogens with two attached hydrogens (primary N) is 1. The van der Waals surface area contributed by atoms with Crippen molar-refractivity contribution in [3.8, 4) is 0 Å². The summed E-state index contributed by atoms with van der Waals surface area (Å²) in [6.45, 7) is 1.81. The smallest absolute Gasteiger partial charge is 0.179 e. The maximum atomic E-state index is 11.2. The van der Waals surface area contributed by atoms with Crippen molar-refractivity contribution < 1.29 is 4.79 Å². The summed E-state index contributed by atoms with van der Waals surface area (Å²) in [5, 5.41) is 0.559. The summed E-state index contributed by atoms with van der Waals surface area (Å²) in [6, 6.07) is 3.22. The highest BCUT2D eigenvalue weighted by molar-refractivity contribution is 6.33. The molecule has 0 amide bonds. The van der Waals surface area contributed by atoms with Gasteiger partial charge in [-0.1, -0.05) is 11.6 Å². The molecule has 13 heavy (non-hydrogen) atoms. The van der Waals surface area contributed by atoms with E-state index in [0.717, 1.165) is 5.56 Å². The molecule has 0 aliphatic rings. The van der Waals surface area contributed by atoms with Gasteiger partial charge in [-0.3, -0.25) is 4.79 Å². The van der Waals surface area contributed by atoms with Gasteiger partial charge < -0.3 is 5.73 Å². The number of Topliss-reactive ketones (excluding diaryl/α,β-unsaturated/α-hetero) is 1. The third-order valence-electron chi connectivity index (χ3n) is 1.75. The first-order valence-corrected chi connectivity index (χ1v) is 4.62. The molecule has 0 aliphatic carbocycles. The minimum Gasteiger partial charge on any atom is -0.398 e. The molecular formula is C9H9Cl2NO. The van der Waals surface area contributed by atoms with Crippen LogP contribution in [0, 0.1) is 6.92 Å². The van der Waals surface area contributed by atoms with Crippen LogP contribution >= 0.6 is 23.2 Å².